The summed E-state index contributed by atoms with van der Waals surface area (Å²) in [6.45, 7) is 2.31. The summed E-state index contributed by atoms with van der Waals surface area (Å²) in [6, 6.07) is 10.4. The molecule has 0 aliphatic carbocycles. The molecule has 1 aromatic carbocycles. The topological polar surface area (TPSA) is 100 Å². The molecule has 2 rings (SSSR count). The van der Waals surface area contributed by atoms with Gasteiger partial charge in [0.2, 0.25) is 0 Å². The highest BCUT2D eigenvalue weighted by Crippen LogP contribution is 2.16. The minimum atomic E-state index is -3.71. The molecule has 22 heavy (non-hydrogen) atoms. The summed E-state index contributed by atoms with van der Waals surface area (Å²) in [5.41, 5.74) is 0.503. The molecule has 0 saturated heterocycles. The van der Waals surface area contributed by atoms with Crippen LogP contribution < -0.4 is 15.4 Å². The van der Waals surface area contributed by atoms with E-state index >= 15 is 0 Å². The summed E-state index contributed by atoms with van der Waals surface area (Å²) < 4.78 is 26.8. The number of carbonyl (C=O) groups excluding carboxylic acids is 1. The monoisotopic (exact) mass is 320 g/mol. The van der Waals surface area contributed by atoms with E-state index in [1.807, 2.05) is 0 Å². The van der Waals surface area contributed by atoms with Crippen molar-refractivity contribution in [3.8, 4) is 0 Å². The van der Waals surface area contributed by atoms with Gasteiger partial charge in [-0.15, -0.1) is 0 Å². The second-order valence-corrected chi connectivity index (χ2v) is 6.01. The highest BCUT2D eigenvalue weighted by atomic mass is 32.2. The molecule has 1 aromatic heterocycles. The number of carbonyl (C=O) groups is 1. The summed E-state index contributed by atoms with van der Waals surface area (Å²) in [7, 11) is -3.71. The lowest BCUT2D eigenvalue weighted by Gasteiger charge is -2.09. The summed E-state index contributed by atoms with van der Waals surface area (Å²) in [4.78, 5) is 15.4. The Balaban J connectivity index is 2.10. The number of rotatable bonds is 5. The van der Waals surface area contributed by atoms with E-state index in [0.29, 0.717) is 12.2 Å². The van der Waals surface area contributed by atoms with Gasteiger partial charge in [0.25, 0.3) is 10.0 Å². The third kappa shape index (κ3) is 4.19. The molecule has 8 heteroatoms. The predicted octanol–water partition coefficient (Wildman–Crippen LogP) is 2.02. The van der Waals surface area contributed by atoms with Gasteiger partial charge in [0.15, 0.2) is 0 Å². The quantitative estimate of drug-likeness (QED) is 0.784. The standard InChI is InChI=1S/C14H16N4O3S/c1-2-15-14(19)17-11-6-8-12(9-7-11)22(20,21)18-13-5-3-4-10-16-13/h3-10H,2H2,1H3,(H,16,18)(H2,15,17,19). The van der Waals surface area contributed by atoms with E-state index < -0.39 is 10.0 Å². The summed E-state index contributed by atoms with van der Waals surface area (Å²) in [6.07, 6.45) is 1.50. The van der Waals surface area contributed by atoms with Crippen molar-refractivity contribution in [1.82, 2.24) is 10.3 Å². The molecule has 0 bridgehead atoms. The van der Waals surface area contributed by atoms with Crippen LogP contribution in [0.5, 0.6) is 0 Å². The minimum Gasteiger partial charge on any atom is -0.338 e. The SMILES string of the molecule is CCNC(=O)Nc1ccc(S(=O)(=O)Nc2ccccn2)cc1. The number of pyridine rings is 1. The largest absolute Gasteiger partial charge is 0.338 e. The van der Waals surface area contributed by atoms with Gasteiger partial charge in [-0.2, -0.15) is 0 Å². The molecule has 0 unspecified atom stereocenters. The van der Waals surface area contributed by atoms with Crippen LogP contribution in [0.25, 0.3) is 0 Å². The molecular weight excluding hydrogens is 304 g/mol. The van der Waals surface area contributed by atoms with Crippen molar-refractivity contribution >= 4 is 27.6 Å². The molecule has 116 valence electrons. The normalized spacial score (nSPS) is 10.8. The summed E-state index contributed by atoms with van der Waals surface area (Å²) in [5, 5.41) is 5.18. The van der Waals surface area contributed by atoms with Gasteiger partial charge in [-0.3, -0.25) is 4.72 Å². The number of sulfonamides is 1. The fraction of sp³-hybridized carbons (Fsp3) is 0.143. The smallest absolute Gasteiger partial charge is 0.319 e. The zero-order valence-corrected chi connectivity index (χ0v) is 12.7. The molecular formula is C14H16N4O3S. The van der Waals surface area contributed by atoms with E-state index in [4.69, 9.17) is 0 Å². The van der Waals surface area contributed by atoms with E-state index in [1.165, 1.54) is 30.5 Å². The number of urea groups is 1. The summed E-state index contributed by atoms with van der Waals surface area (Å²) in [5.74, 6) is 0.243. The van der Waals surface area contributed by atoms with E-state index in [2.05, 4.69) is 20.3 Å². The van der Waals surface area contributed by atoms with Gasteiger partial charge in [-0.1, -0.05) is 6.07 Å². The van der Waals surface area contributed by atoms with E-state index in [1.54, 1.807) is 25.1 Å². The molecule has 0 atom stereocenters. The van der Waals surface area contributed by atoms with Gasteiger partial charge in [-0.05, 0) is 43.3 Å². The zero-order chi connectivity index (χ0) is 16.0. The van der Waals surface area contributed by atoms with Gasteiger partial charge in [0.1, 0.15) is 5.82 Å². The Hall–Kier alpha value is -2.61. The number of hydrogen-bond acceptors (Lipinski definition) is 4. The van der Waals surface area contributed by atoms with Crippen molar-refractivity contribution in [2.45, 2.75) is 11.8 Å². The second kappa shape index (κ2) is 6.90. The van der Waals surface area contributed by atoms with Crippen molar-refractivity contribution < 1.29 is 13.2 Å². The maximum absolute atomic E-state index is 12.2. The van der Waals surface area contributed by atoms with Gasteiger partial charge in [-0.25, -0.2) is 18.2 Å². The van der Waals surface area contributed by atoms with E-state index in [0.717, 1.165) is 0 Å². The molecule has 3 N–H and O–H groups in total. The fourth-order valence-corrected chi connectivity index (χ4v) is 2.68. The van der Waals surface area contributed by atoms with Crippen molar-refractivity contribution in [3.63, 3.8) is 0 Å². The molecule has 0 aliphatic heterocycles. The van der Waals surface area contributed by atoms with Crippen LogP contribution in [0, 0.1) is 0 Å². The van der Waals surface area contributed by atoms with Gasteiger partial charge >= 0.3 is 6.03 Å². The van der Waals surface area contributed by atoms with Crippen molar-refractivity contribution in [2.75, 3.05) is 16.6 Å². The highest BCUT2D eigenvalue weighted by molar-refractivity contribution is 7.92. The number of hydrogen-bond donors (Lipinski definition) is 3. The Morgan fingerprint density at radius 2 is 1.86 bits per heavy atom. The minimum absolute atomic E-state index is 0.0830. The van der Waals surface area contributed by atoms with Crippen molar-refractivity contribution in [3.05, 3.63) is 48.7 Å². The number of amides is 2. The zero-order valence-electron chi connectivity index (χ0n) is 11.9. The highest BCUT2D eigenvalue weighted by Gasteiger charge is 2.14. The van der Waals surface area contributed by atoms with Crippen LogP contribution in [0.4, 0.5) is 16.3 Å². The Bertz CT molecular complexity index is 730. The van der Waals surface area contributed by atoms with Crippen LogP contribution in [0.15, 0.2) is 53.6 Å². The molecule has 2 amide bonds. The first-order valence-corrected chi connectivity index (χ1v) is 8.08. The van der Waals surface area contributed by atoms with E-state index in [9.17, 15) is 13.2 Å². The van der Waals surface area contributed by atoms with Crippen molar-refractivity contribution in [1.29, 1.82) is 0 Å². The Kier molecular flexibility index (Phi) is 4.95. The molecule has 0 aliphatic rings. The Labute approximate surface area is 128 Å². The number of aromatic nitrogens is 1. The van der Waals surface area contributed by atoms with Crippen molar-refractivity contribution in [2.24, 2.45) is 0 Å². The Morgan fingerprint density at radius 3 is 2.45 bits per heavy atom. The number of nitrogens with zero attached hydrogens (tertiary/aromatic N) is 1. The molecule has 7 nitrogen and oxygen atoms in total. The molecule has 2 aromatic rings. The van der Waals surface area contributed by atoms with Crippen LogP contribution in [-0.2, 0) is 10.0 Å². The van der Waals surface area contributed by atoms with Crippen LogP contribution in [0.3, 0.4) is 0 Å². The Morgan fingerprint density at radius 1 is 1.14 bits per heavy atom. The lowest BCUT2D eigenvalue weighted by atomic mass is 10.3. The molecule has 0 saturated carbocycles. The van der Waals surface area contributed by atoms with Gasteiger partial charge in [0, 0.05) is 18.4 Å². The lowest BCUT2D eigenvalue weighted by molar-refractivity contribution is 0.252. The van der Waals surface area contributed by atoms with Gasteiger partial charge < -0.3 is 10.6 Å². The van der Waals surface area contributed by atoms with Crippen LogP contribution >= 0.6 is 0 Å². The fourth-order valence-electron chi connectivity index (χ4n) is 1.67. The molecule has 0 fully saturated rings. The average Bonchev–Trinajstić information content (AvgIpc) is 2.48. The second-order valence-electron chi connectivity index (χ2n) is 4.33. The maximum atomic E-state index is 12.2. The van der Waals surface area contributed by atoms with Crippen LogP contribution in [0.1, 0.15) is 6.92 Å². The predicted molar refractivity (Wildman–Crippen MR) is 84.2 cm³/mol. The maximum Gasteiger partial charge on any atom is 0.319 e. The first-order valence-electron chi connectivity index (χ1n) is 6.60. The number of anilines is 2. The van der Waals surface area contributed by atoms with Crippen LogP contribution in [-0.4, -0.2) is 26.0 Å². The summed E-state index contributed by atoms with van der Waals surface area (Å²) >= 11 is 0. The lowest BCUT2D eigenvalue weighted by Crippen LogP contribution is -2.28. The van der Waals surface area contributed by atoms with Gasteiger partial charge in [0.05, 0.1) is 4.90 Å². The number of benzene rings is 1. The average molecular weight is 320 g/mol. The molecule has 0 radical (unpaired) electrons. The third-order valence-electron chi connectivity index (χ3n) is 2.66. The third-order valence-corrected chi connectivity index (χ3v) is 4.03. The van der Waals surface area contributed by atoms with Crippen LogP contribution in [0.2, 0.25) is 0 Å². The van der Waals surface area contributed by atoms with E-state index in [-0.39, 0.29) is 16.7 Å². The molecule has 0 spiro atoms. The first-order chi connectivity index (χ1) is 10.5. The first kappa shape index (κ1) is 15.8. The number of nitrogens with one attached hydrogen (secondary N) is 3. The molecule has 1 heterocycles.